The van der Waals surface area contributed by atoms with Crippen LogP contribution < -0.4 is 5.73 Å². The summed E-state index contributed by atoms with van der Waals surface area (Å²) < 4.78 is 0. The molecular weight excluding hydrogens is 174 g/mol. The molecule has 0 saturated carbocycles. The molecule has 0 bridgehead atoms. The number of likely N-dealkylation sites (tertiary alicyclic amines) is 1. The Labute approximate surface area is 88.2 Å². The van der Waals surface area contributed by atoms with Gasteiger partial charge in [-0.1, -0.05) is 13.8 Å². The van der Waals surface area contributed by atoms with Crippen molar-refractivity contribution in [3.05, 3.63) is 0 Å². The first-order chi connectivity index (χ1) is 6.50. The molecule has 0 aromatic carbocycles. The molecule has 0 radical (unpaired) electrons. The van der Waals surface area contributed by atoms with Gasteiger partial charge in [0.25, 0.3) is 0 Å². The normalized spacial score (nSPS) is 29.4. The number of likely N-dealkylation sites (N-methyl/N-ethyl adjacent to an activating group) is 1. The molecule has 1 saturated heterocycles. The Balaban J connectivity index is 2.53. The monoisotopic (exact) mass is 199 g/mol. The predicted molar refractivity (Wildman–Crippen MR) is 61.4 cm³/mol. The van der Waals surface area contributed by atoms with E-state index in [9.17, 15) is 0 Å². The Morgan fingerprint density at radius 3 is 2.43 bits per heavy atom. The van der Waals surface area contributed by atoms with Crippen LogP contribution in [0.25, 0.3) is 0 Å². The van der Waals surface area contributed by atoms with E-state index in [1.807, 2.05) is 0 Å². The molecule has 3 nitrogen and oxygen atoms in total. The van der Waals surface area contributed by atoms with Gasteiger partial charge in [0, 0.05) is 31.7 Å². The summed E-state index contributed by atoms with van der Waals surface area (Å²) in [6.45, 7) is 8.86. The summed E-state index contributed by atoms with van der Waals surface area (Å²) in [7, 11) is 4.29. The SMILES string of the molecule is CC(C)CN1CCC(CN)(N(C)C)C1. The van der Waals surface area contributed by atoms with Crippen molar-refractivity contribution in [1.82, 2.24) is 9.80 Å². The third-order valence-electron chi connectivity index (χ3n) is 3.36. The molecule has 1 rings (SSSR count). The van der Waals surface area contributed by atoms with Crippen LogP contribution in [0.4, 0.5) is 0 Å². The molecule has 3 heteroatoms. The van der Waals surface area contributed by atoms with Gasteiger partial charge in [-0.2, -0.15) is 0 Å². The van der Waals surface area contributed by atoms with Crippen molar-refractivity contribution >= 4 is 0 Å². The smallest absolute Gasteiger partial charge is 0.0464 e. The summed E-state index contributed by atoms with van der Waals surface area (Å²) in [6, 6.07) is 0. The molecule has 1 aliphatic rings. The van der Waals surface area contributed by atoms with E-state index in [4.69, 9.17) is 5.73 Å². The summed E-state index contributed by atoms with van der Waals surface area (Å²) in [5, 5.41) is 0. The van der Waals surface area contributed by atoms with Crippen LogP contribution in [-0.2, 0) is 0 Å². The number of nitrogens with zero attached hydrogens (tertiary/aromatic N) is 2. The van der Waals surface area contributed by atoms with Crippen molar-refractivity contribution in [3.8, 4) is 0 Å². The van der Waals surface area contributed by atoms with Crippen LogP contribution in [-0.4, -0.2) is 55.6 Å². The van der Waals surface area contributed by atoms with Gasteiger partial charge in [0.15, 0.2) is 0 Å². The summed E-state index contributed by atoms with van der Waals surface area (Å²) in [5.41, 5.74) is 6.13. The van der Waals surface area contributed by atoms with Gasteiger partial charge in [0.05, 0.1) is 0 Å². The van der Waals surface area contributed by atoms with E-state index in [-0.39, 0.29) is 5.54 Å². The Morgan fingerprint density at radius 1 is 1.43 bits per heavy atom. The summed E-state index contributed by atoms with van der Waals surface area (Å²) in [4.78, 5) is 4.84. The van der Waals surface area contributed by atoms with Crippen LogP contribution in [0.5, 0.6) is 0 Å². The first kappa shape index (κ1) is 12.0. The summed E-state index contributed by atoms with van der Waals surface area (Å²) >= 11 is 0. The molecule has 1 heterocycles. The lowest BCUT2D eigenvalue weighted by molar-refractivity contribution is 0.157. The highest BCUT2D eigenvalue weighted by Gasteiger charge is 2.38. The van der Waals surface area contributed by atoms with Gasteiger partial charge in [-0.3, -0.25) is 0 Å². The van der Waals surface area contributed by atoms with Crippen LogP contribution in [0.2, 0.25) is 0 Å². The summed E-state index contributed by atoms with van der Waals surface area (Å²) in [5.74, 6) is 0.755. The summed E-state index contributed by atoms with van der Waals surface area (Å²) in [6.07, 6.45) is 1.21. The predicted octanol–water partition coefficient (Wildman–Crippen LogP) is 0.607. The fourth-order valence-corrected chi connectivity index (χ4v) is 2.33. The van der Waals surface area contributed by atoms with Crippen molar-refractivity contribution in [2.45, 2.75) is 25.8 Å². The Bertz CT molecular complexity index is 179. The van der Waals surface area contributed by atoms with Crippen molar-refractivity contribution in [3.63, 3.8) is 0 Å². The standard InChI is InChI=1S/C11H25N3/c1-10(2)7-14-6-5-11(8-12,9-14)13(3)4/h10H,5-9,12H2,1-4H3. The molecule has 1 fully saturated rings. The lowest BCUT2D eigenvalue weighted by Crippen LogP contribution is -2.52. The van der Waals surface area contributed by atoms with E-state index in [0.29, 0.717) is 0 Å². The van der Waals surface area contributed by atoms with Gasteiger partial charge in [0.2, 0.25) is 0 Å². The minimum Gasteiger partial charge on any atom is -0.329 e. The second-order valence-corrected chi connectivity index (χ2v) is 5.20. The molecule has 0 spiro atoms. The average Bonchev–Trinajstić information content (AvgIpc) is 2.48. The largest absolute Gasteiger partial charge is 0.329 e. The maximum Gasteiger partial charge on any atom is 0.0464 e. The van der Waals surface area contributed by atoms with Crippen molar-refractivity contribution < 1.29 is 0 Å². The van der Waals surface area contributed by atoms with Crippen molar-refractivity contribution in [2.75, 3.05) is 40.3 Å². The lowest BCUT2D eigenvalue weighted by Gasteiger charge is -2.35. The fourth-order valence-electron chi connectivity index (χ4n) is 2.33. The average molecular weight is 199 g/mol. The van der Waals surface area contributed by atoms with Crippen molar-refractivity contribution in [1.29, 1.82) is 0 Å². The van der Waals surface area contributed by atoms with Crippen LogP contribution >= 0.6 is 0 Å². The van der Waals surface area contributed by atoms with Gasteiger partial charge in [0.1, 0.15) is 0 Å². The minimum atomic E-state index is 0.231. The maximum atomic E-state index is 5.89. The third kappa shape index (κ3) is 2.47. The first-order valence-corrected chi connectivity index (χ1v) is 5.60. The number of hydrogen-bond donors (Lipinski definition) is 1. The molecule has 0 aliphatic carbocycles. The van der Waals surface area contributed by atoms with Crippen LogP contribution in [0.1, 0.15) is 20.3 Å². The second kappa shape index (κ2) is 4.60. The van der Waals surface area contributed by atoms with Gasteiger partial charge >= 0.3 is 0 Å². The number of nitrogens with two attached hydrogens (primary N) is 1. The highest BCUT2D eigenvalue weighted by atomic mass is 15.3. The molecule has 2 N–H and O–H groups in total. The minimum absolute atomic E-state index is 0.231. The van der Waals surface area contributed by atoms with Crippen LogP contribution in [0, 0.1) is 5.92 Å². The second-order valence-electron chi connectivity index (χ2n) is 5.20. The zero-order valence-electron chi connectivity index (χ0n) is 10.1. The molecule has 84 valence electrons. The maximum absolute atomic E-state index is 5.89. The molecule has 1 aliphatic heterocycles. The van der Waals surface area contributed by atoms with Gasteiger partial charge in [-0.05, 0) is 26.4 Å². The molecule has 0 amide bonds. The zero-order valence-corrected chi connectivity index (χ0v) is 10.1. The highest BCUT2D eigenvalue weighted by molar-refractivity contribution is 4.98. The molecular formula is C11H25N3. The van der Waals surface area contributed by atoms with Gasteiger partial charge in [-0.25, -0.2) is 0 Å². The molecule has 1 unspecified atom stereocenters. The third-order valence-corrected chi connectivity index (χ3v) is 3.36. The fraction of sp³-hybridized carbons (Fsp3) is 1.00. The van der Waals surface area contributed by atoms with Gasteiger partial charge in [-0.15, -0.1) is 0 Å². The quantitative estimate of drug-likeness (QED) is 0.720. The topological polar surface area (TPSA) is 32.5 Å². The highest BCUT2D eigenvalue weighted by Crippen LogP contribution is 2.25. The van der Waals surface area contributed by atoms with E-state index in [1.54, 1.807) is 0 Å². The molecule has 0 aromatic rings. The van der Waals surface area contributed by atoms with E-state index < -0.39 is 0 Å². The van der Waals surface area contributed by atoms with Crippen molar-refractivity contribution in [2.24, 2.45) is 11.7 Å². The lowest BCUT2D eigenvalue weighted by atomic mass is 9.97. The van der Waals surface area contributed by atoms with Crippen LogP contribution in [0.3, 0.4) is 0 Å². The zero-order chi connectivity index (χ0) is 10.8. The van der Waals surface area contributed by atoms with Crippen LogP contribution in [0.15, 0.2) is 0 Å². The van der Waals surface area contributed by atoms with E-state index in [1.165, 1.54) is 19.5 Å². The molecule has 14 heavy (non-hydrogen) atoms. The molecule has 1 atom stereocenters. The Morgan fingerprint density at radius 2 is 2.07 bits per heavy atom. The number of rotatable bonds is 4. The number of hydrogen-bond acceptors (Lipinski definition) is 3. The van der Waals surface area contributed by atoms with E-state index in [0.717, 1.165) is 19.0 Å². The Kier molecular flexibility index (Phi) is 3.93. The Hall–Kier alpha value is -0.120. The van der Waals surface area contributed by atoms with E-state index >= 15 is 0 Å². The van der Waals surface area contributed by atoms with E-state index in [2.05, 4.69) is 37.7 Å². The first-order valence-electron chi connectivity index (χ1n) is 5.60. The van der Waals surface area contributed by atoms with Gasteiger partial charge < -0.3 is 15.5 Å². The molecule has 0 aromatic heterocycles.